The smallest absolute Gasteiger partial charge is 0.254 e. The van der Waals surface area contributed by atoms with Gasteiger partial charge in [-0.15, -0.1) is 12.4 Å². The molecule has 0 spiro atoms. The molecule has 1 amide bonds. The summed E-state index contributed by atoms with van der Waals surface area (Å²) in [7, 11) is 2.70. The topological polar surface area (TPSA) is 97.4 Å². The molecule has 2 aromatic rings. The summed E-state index contributed by atoms with van der Waals surface area (Å²) in [4.78, 5) is 12.3. The lowest BCUT2D eigenvalue weighted by Gasteiger charge is -2.17. The lowest BCUT2D eigenvalue weighted by atomic mass is 10.1. The van der Waals surface area contributed by atoms with Crippen LogP contribution in [0.25, 0.3) is 0 Å². The van der Waals surface area contributed by atoms with E-state index in [4.69, 9.17) is 20.6 Å². The average Bonchev–Trinajstić information content (AvgIpc) is 2.61. The number of amidine groups is 1. The van der Waals surface area contributed by atoms with Gasteiger partial charge in [0.2, 0.25) is 0 Å². The van der Waals surface area contributed by atoms with Gasteiger partial charge in [-0.2, -0.15) is 0 Å². The Labute approximate surface area is 161 Å². The number of benzene rings is 2. The number of nitrogens with two attached hydrogens (primary N) is 1. The number of nitrogen functional groups attached to an aromatic ring is 1. The van der Waals surface area contributed by atoms with Crippen LogP contribution in [0.15, 0.2) is 36.4 Å². The van der Waals surface area contributed by atoms with Gasteiger partial charge in [-0.1, -0.05) is 6.07 Å². The zero-order valence-corrected chi connectivity index (χ0v) is 15.5. The van der Waals surface area contributed by atoms with Crippen LogP contribution in [0, 0.1) is 17.0 Å². The lowest BCUT2D eigenvalue weighted by molar-refractivity contribution is -0.131. The Morgan fingerprint density at radius 3 is 2.41 bits per heavy atom. The summed E-state index contributed by atoms with van der Waals surface area (Å²) in [5.74, 6) is -1.93. The number of ether oxygens (including phenoxy) is 2. The van der Waals surface area contributed by atoms with Gasteiger partial charge in [0.05, 0.1) is 12.7 Å². The number of amides is 1. The Morgan fingerprint density at radius 1 is 1.19 bits per heavy atom. The fourth-order valence-corrected chi connectivity index (χ4v) is 2.39. The van der Waals surface area contributed by atoms with Crippen molar-refractivity contribution in [3.05, 3.63) is 64.7 Å². The van der Waals surface area contributed by atoms with Crippen LogP contribution < -0.4 is 15.8 Å². The van der Waals surface area contributed by atoms with Crippen molar-refractivity contribution in [1.82, 2.24) is 5.32 Å². The minimum atomic E-state index is -1.16. The summed E-state index contributed by atoms with van der Waals surface area (Å²) >= 11 is 0. The Bertz CT molecular complexity index is 833. The highest BCUT2D eigenvalue weighted by atomic mass is 35.5. The van der Waals surface area contributed by atoms with E-state index < -0.39 is 23.6 Å². The normalized spacial score (nSPS) is 11.3. The van der Waals surface area contributed by atoms with Crippen molar-refractivity contribution in [1.29, 1.82) is 5.41 Å². The molecule has 0 saturated carbocycles. The minimum absolute atomic E-state index is 0. The molecule has 27 heavy (non-hydrogen) atoms. The molecule has 146 valence electrons. The molecule has 2 rings (SSSR count). The number of nitrogens with one attached hydrogen (secondary N) is 2. The van der Waals surface area contributed by atoms with Crippen LogP contribution in [0.1, 0.15) is 22.8 Å². The first-order chi connectivity index (χ1) is 12.4. The Morgan fingerprint density at radius 2 is 1.89 bits per heavy atom. The lowest BCUT2D eigenvalue weighted by Crippen LogP contribution is -2.30. The van der Waals surface area contributed by atoms with E-state index in [1.165, 1.54) is 44.6 Å². The van der Waals surface area contributed by atoms with Gasteiger partial charge < -0.3 is 20.5 Å². The number of rotatable bonds is 7. The molecule has 0 aromatic heterocycles. The molecule has 0 fully saturated rings. The number of carbonyl (C=O) groups excluding carboxylic acids is 1. The van der Waals surface area contributed by atoms with Crippen molar-refractivity contribution >= 4 is 24.1 Å². The van der Waals surface area contributed by atoms with Gasteiger partial charge in [0.15, 0.2) is 6.10 Å². The number of methoxy groups -OCH3 is 2. The van der Waals surface area contributed by atoms with Crippen molar-refractivity contribution in [3.63, 3.8) is 0 Å². The molecule has 0 heterocycles. The predicted molar refractivity (Wildman–Crippen MR) is 99.2 cm³/mol. The molecule has 9 heteroatoms. The van der Waals surface area contributed by atoms with E-state index in [1.807, 2.05) is 0 Å². The molecule has 0 radical (unpaired) electrons. The SMILES string of the molecule is COc1ccc(C(OC)C(=O)NCc2ccc(C(=N)N)c(F)c2)c(F)c1.Cl. The number of carbonyl (C=O) groups is 1. The Hall–Kier alpha value is -2.71. The molecule has 0 bridgehead atoms. The van der Waals surface area contributed by atoms with E-state index in [9.17, 15) is 13.6 Å². The summed E-state index contributed by atoms with van der Waals surface area (Å²) in [6.07, 6.45) is -1.16. The second kappa shape index (κ2) is 9.84. The molecule has 1 atom stereocenters. The van der Waals surface area contributed by atoms with Crippen LogP contribution in [0.4, 0.5) is 8.78 Å². The summed E-state index contributed by atoms with van der Waals surface area (Å²) in [5, 5.41) is 9.82. The Balaban J connectivity index is 0.00000364. The van der Waals surface area contributed by atoms with E-state index >= 15 is 0 Å². The van der Waals surface area contributed by atoms with E-state index in [0.29, 0.717) is 11.3 Å². The quantitative estimate of drug-likeness (QED) is 0.492. The first-order valence-electron chi connectivity index (χ1n) is 7.64. The molecule has 4 N–H and O–H groups in total. The summed E-state index contributed by atoms with van der Waals surface area (Å²) in [6, 6.07) is 8.15. The third-order valence-corrected chi connectivity index (χ3v) is 3.75. The fraction of sp³-hybridized carbons (Fsp3) is 0.222. The second-order valence-electron chi connectivity index (χ2n) is 5.45. The van der Waals surface area contributed by atoms with Gasteiger partial charge in [0.25, 0.3) is 5.91 Å². The molecule has 2 aromatic carbocycles. The zero-order chi connectivity index (χ0) is 19.3. The van der Waals surface area contributed by atoms with E-state index in [1.54, 1.807) is 0 Å². The summed E-state index contributed by atoms with van der Waals surface area (Å²) in [5.41, 5.74) is 5.76. The molecule has 0 aliphatic heterocycles. The highest BCUT2D eigenvalue weighted by Crippen LogP contribution is 2.24. The van der Waals surface area contributed by atoms with E-state index in [2.05, 4.69) is 5.32 Å². The van der Waals surface area contributed by atoms with Crippen LogP contribution in [-0.4, -0.2) is 26.0 Å². The fourth-order valence-electron chi connectivity index (χ4n) is 2.39. The summed E-state index contributed by atoms with van der Waals surface area (Å²) < 4.78 is 38.0. The maximum atomic E-state index is 14.1. The molecule has 1 unspecified atom stereocenters. The average molecular weight is 400 g/mol. The van der Waals surface area contributed by atoms with Crippen molar-refractivity contribution in [2.45, 2.75) is 12.6 Å². The molecule has 0 aliphatic rings. The van der Waals surface area contributed by atoms with Crippen molar-refractivity contribution in [2.24, 2.45) is 5.73 Å². The first-order valence-corrected chi connectivity index (χ1v) is 7.64. The highest BCUT2D eigenvalue weighted by Gasteiger charge is 2.23. The predicted octanol–water partition coefficient (Wildman–Crippen LogP) is 2.68. The van der Waals surface area contributed by atoms with Gasteiger partial charge in [-0.3, -0.25) is 10.2 Å². The van der Waals surface area contributed by atoms with Gasteiger partial charge in [0, 0.05) is 25.3 Å². The minimum Gasteiger partial charge on any atom is -0.497 e. The number of hydrogen-bond acceptors (Lipinski definition) is 4. The van der Waals surface area contributed by atoms with Crippen molar-refractivity contribution < 1.29 is 23.0 Å². The van der Waals surface area contributed by atoms with Gasteiger partial charge in [-0.25, -0.2) is 8.78 Å². The van der Waals surface area contributed by atoms with Gasteiger partial charge in [0.1, 0.15) is 23.2 Å². The van der Waals surface area contributed by atoms with Gasteiger partial charge in [-0.05, 0) is 29.8 Å². The third-order valence-electron chi connectivity index (χ3n) is 3.75. The third kappa shape index (κ3) is 5.38. The van der Waals surface area contributed by atoms with Crippen LogP contribution in [0.5, 0.6) is 5.75 Å². The first kappa shape index (κ1) is 22.3. The van der Waals surface area contributed by atoms with Crippen LogP contribution in [-0.2, 0) is 16.1 Å². The largest absolute Gasteiger partial charge is 0.497 e. The molecule has 0 saturated heterocycles. The van der Waals surface area contributed by atoms with Crippen molar-refractivity contribution in [2.75, 3.05) is 14.2 Å². The van der Waals surface area contributed by atoms with Crippen LogP contribution >= 0.6 is 12.4 Å². The van der Waals surface area contributed by atoms with Gasteiger partial charge >= 0.3 is 0 Å². The second-order valence-corrected chi connectivity index (χ2v) is 5.45. The molecular formula is C18H20ClF2N3O3. The molecule has 0 aliphatic carbocycles. The van der Waals surface area contributed by atoms with E-state index in [-0.39, 0.29) is 35.9 Å². The van der Waals surface area contributed by atoms with E-state index in [0.717, 1.165) is 6.07 Å². The number of halogens is 3. The van der Waals surface area contributed by atoms with Crippen LogP contribution in [0.3, 0.4) is 0 Å². The monoisotopic (exact) mass is 399 g/mol. The van der Waals surface area contributed by atoms with Crippen molar-refractivity contribution in [3.8, 4) is 5.75 Å². The zero-order valence-electron chi connectivity index (χ0n) is 14.7. The molecular weight excluding hydrogens is 380 g/mol. The highest BCUT2D eigenvalue weighted by molar-refractivity contribution is 5.95. The maximum Gasteiger partial charge on any atom is 0.254 e. The molecule has 6 nitrogen and oxygen atoms in total. The maximum absolute atomic E-state index is 14.1. The van der Waals surface area contributed by atoms with Crippen LogP contribution in [0.2, 0.25) is 0 Å². The summed E-state index contributed by atoms with van der Waals surface area (Å²) in [6.45, 7) is 0.00553. The standard InChI is InChI=1S/C18H19F2N3O3.ClH/c1-25-11-4-6-12(15(20)8-11)16(26-2)18(24)23-9-10-3-5-13(17(21)22)14(19)7-10;/h3-8,16H,9H2,1-2H3,(H3,21,22)(H,23,24);1H. The number of hydrogen-bond donors (Lipinski definition) is 3. The Kier molecular flexibility index (Phi) is 8.14.